The Morgan fingerprint density at radius 3 is 3.05 bits per heavy atom. The Balaban J connectivity index is 1.63. The average Bonchev–Trinajstić information content (AvgIpc) is 2.88. The molecule has 0 amide bonds. The predicted molar refractivity (Wildman–Crippen MR) is 72.7 cm³/mol. The van der Waals surface area contributed by atoms with E-state index in [9.17, 15) is 4.39 Å². The summed E-state index contributed by atoms with van der Waals surface area (Å²) in [7, 11) is 0. The molecule has 0 fully saturated rings. The van der Waals surface area contributed by atoms with Crippen LogP contribution in [0.15, 0.2) is 30.6 Å². The number of halogens is 1. The van der Waals surface area contributed by atoms with E-state index in [0.29, 0.717) is 0 Å². The first kappa shape index (κ1) is 12.1. The molecule has 0 atom stereocenters. The van der Waals surface area contributed by atoms with Crippen LogP contribution >= 0.6 is 0 Å². The zero-order valence-electron chi connectivity index (χ0n) is 10.7. The highest BCUT2D eigenvalue weighted by Gasteiger charge is 2.16. The number of benzene rings is 1. The number of anilines is 1. The number of nitrogens with zero attached hydrogens (tertiary/aromatic N) is 2. The van der Waals surface area contributed by atoms with Crippen molar-refractivity contribution in [2.75, 3.05) is 11.9 Å². The molecule has 1 aliphatic carbocycles. The third-order valence-electron chi connectivity index (χ3n) is 3.47. The van der Waals surface area contributed by atoms with Crippen molar-refractivity contribution in [3.63, 3.8) is 0 Å². The molecule has 0 bridgehead atoms. The van der Waals surface area contributed by atoms with Crippen LogP contribution < -0.4 is 5.32 Å². The van der Waals surface area contributed by atoms with E-state index in [2.05, 4.69) is 15.3 Å². The number of rotatable bonds is 4. The van der Waals surface area contributed by atoms with Crippen molar-refractivity contribution in [2.24, 2.45) is 0 Å². The fourth-order valence-electron chi connectivity index (χ4n) is 2.53. The minimum atomic E-state index is -0.180. The Bertz CT molecular complexity index is 583. The molecular formula is C15H16FN3. The summed E-state index contributed by atoms with van der Waals surface area (Å²) < 4.78 is 13.1. The van der Waals surface area contributed by atoms with Crippen molar-refractivity contribution in [3.8, 4) is 0 Å². The molecule has 0 aliphatic heterocycles. The normalized spacial score (nSPS) is 13.3. The molecule has 0 spiro atoms. The van der Waals surface area contributed by atoms with Crippen molar-refractivity contribution in [1.82, 2.24) is 9.97 Å². The molecule has 1 aliphatic rings. The summed E-state index contributed by atoms with van der Waals surface area (Å²) in [6.07, 6.45) is 5.67. The molecule has 1 N–H and O–H groups in total. The van der Waals surface area contributed by atoms with E-state index in [1.54, 1.807) is 18.5 Å². The van der Waals surface area contributed by atoms with Gasteiger partial charge in [0, 0.05) is 17.8 Å². The van der Waals surface area contributed by atoms with Crippen LogP contribution in [0.2, 0.25) is 0 Å². The molecule has 19 heavy (non-hydrogen) atoms. The Morgan fingerprint density at radius 1 is 1.21 bits per heavy atom. The maximum atomic E-state index is 13.1. The molecule has 0 saturated carbocycles. The van der Waals surface area contributed by atoms with E-state index in [1.165, 1.54) is 17.3 Å². The predicted octanol–water partition coefficient (Wildman–Crippen LogP) is 2.76. The molecule has 3 nitrogen and oxygen atoms in total. The van der Waals surface area contributed by atoms with Gasteiger partial charge in [-0.1, -0.05) is 12.1 Å². The minimum Gasteiger partial charge on any atom is -0.369 e. The highest BCUT2D eigenvalue weighted by atomic mass is 19.1. The van der Waals surface area contributed by atoms with Crippen molar-refractivity contribution in [3.05, 3.63) is 53.2 Å². The summed E-state index contributed by atoms with van der Waals surface area (Å²) >= 11 is 0. The van der Waals surface area contributed by atoms with Crippen molar-refractivity contribution < 1.29 is 4.39 Å². The third kappa shape index (κ3) is 2.72. The lowest BCUT2D eigenvalue weighted by Gasteiger charge is -2.09. The second kappa shape index (κ2) is 5.34. The molecular weight excluding hydrogens is 241 g/mol. The van der Waals surface area contributed by atoms with Crippen molar-refractivity contribution in [2.45, 2.75) is 25.7 Å². The van der Waals surface area contributed by atoms with Crippen LogP contribution in [0.4, 0.5) is 10.2 Å². The van der Waals surface area contributed by atoms with Gasteiger partial charge in [0.1, 0.15) is 18.0 Å². The van der Waals surface area contributed by atoms with Crippen LogP contribution in [0.25, 0.3) is 0 Å². The van der Waals surface area contributed by atoms with Gasteiger partial charge in [-0.15, -0.1) is 0 Å². The SMILES string of the molecule is Fc1cccc(CCNc2ncnc3c2CCC3)c1. The van der Waals surface area contributed by atoms with E-state index in [-0.39, 0.29) is 5.82 Å². The fourth-order valence-corrected chi connectivity index (χ4v) is 2.53. The highest BCUT2D eigenvalue weighted by molar-refractivity contribution is 5.48. The fraction of sp³-hybridized carbons (Fsp3) is 0.333. The van der Waals surface area contributed by atoms with Crippen LogP contribution in [-0.2, 0) is 19.3 Å². The van der Waals surface area contributed by atoms with E-state index in [1.807, 2.05) is 6.07 Å². The summed E-state index contributed by atoms with van der Waals surface area (Å²) in [4.78, 5) is 8.60. The second-order valence-electron chi connectivity index (χ2n) is 4.81. The van der Waals surface area contributed by atoms with Gasteiger partial charge >= 0.3 is 0 Å². The number of hydrogen-bond acceptors (Lipinski definition) is 3. The molecule has 1 aromatic carbocycles. The number of hydrogen-bond donors (Lipinski definition) is 1. The lowest BCUT2D eigenvalue weighted by atomic mass is 10.1. The Hall–Kier alpha value is -1.97. The van der Waals surface area contributed by atoms with Crippen molar-refractivity contribution >= 4 is 5.82 Å². The van der Waals surface area contributed by atoms with Gasteiger partial charge in [0.05, 0.1) is 0 Å². The van der Waals surface area contributed by atoms with Crippen LogP contribution in [-0.4, -0.2) is 16.5 Å². The first-order chi connectivity index (χ1) is 9.33. The van der Waals surface area contributed by atoms with Gasteiger partial charge in [0.2, 0.25) is 0 Å². The average molecular weight is 257 g/mol. The van der Waals surface area contributed by atoms with Gasteiger partial charge in [-0.05, 0) is 43.4 Å². The summed E-state index contributed by atoms with van der Waals surface area (Å²) in [6.45, 7) is 0.757. The summed E-state index contributed by atoms with van der Waals surface area (Å²) in [6, 6.07) is 6.72. The Morgan fingerprint density at radius 2 is 2.16 bits per heavy atom. The molecule has 1 heterocycles. The second-order valence-corrected chi connectivity index (χ2v) is 4.81. The molecule has 98 valence electrons. The highest BCUT2D eigenvalue weighted by Crippen LogP contribution is 2.24. The molecule has 2 aromatic rings. The van der Waals surface area contributed by atoms with Gasteiger partial charge < -0.3 is 5.32 Å². The van der Waals surface area contributed by atoms with Gasteiger partial charge in [0.15, 0.2) is 0 Å². The van der Waals surface area contributed by atoms with Crippen LogP contribution in [0.1, 0.15) is 23.2 Å². The molecule has 0 saturated heterocycles. The molecule has 1 aromatic heterocycles. The first-order valence-corrected chi connectivity index (χ1v) is 6.64. The van der Waals surface area contributed by atoms with Gasteiger partial charge in [-0.25, -0.2) is 14.4 Å². The van der Waals surface area contributed by atoms with Crippen molar-refractivity contribution in [1.29, 1.82) is 0 Å². The Labute approximate surface area is 111 Å². The van der Waals surface area contributed by atoms with E-state index >= 15 is 0 Å². The van der Waals surface area contributed by atoms with Crippen LogP contribution in [0, 0.1) is 5.82 Å². The maximum Gasteiger partial charge on any atom is 0.132 e. The Kier molecular flexibility index (Phi) is 3.40. The van der Waals surface area contributed by atoms with Gasteiger partial charge in [0.25, 0.3) is 0 Å². The largest absolute Gasteiger partial charge is 0.369 e. The van der Waals surface area contributed by atoms with Gasteiger partial charge in [-0.3, -0.25) is 0 Å². The zero-order chi connectivity index (χ0) is 13.1. The molecule has 0 unspecified atom stereocenters. The van der Waals surface area contributed by atoms with Crippen LogP contribution in [0.5, 0.6) is 0 Å². The van der Waals surface area contributed by atoms with Crippen LogP contribution in [0.3, 0.4) is 0 Å². The number of aryl methyl sites for hydroxylation is 1. The van der Waals surface area contributed by atoms with E-state index in [0.717, 1.165) is 43.6 Å². The topological polar surface area (TPSA) is 37.8 Å². The molecule has 4 heteroatoms. The quantitative estimate of drug-likeness (QED) is 0.915. The van der Waals surface area contributed by atoms with Gasteiger partial charge in [-0.2, -0.15) is 0 Å². The summed E-state index contributed by atoms with van der Waals surface area (Å²) in [5, 5.41) is 3.34. The standard InChI is InChI=1S/C15H16FN3/c16-12-4-1-3-11(9-12)7-8-17-15-13-5-2-6-14(13)18-10-19-15/h1,3-4,9-10H,2,5-8H2,(H,17,18,19). The molecule has 3 rings (SSSR count). The minimum absolute atomic E-state index is 0.180. The van der Waals surface area contributed by atoms with E-state index < -0.39 is 0 Å². The maximum absolute atomic E-state index is 13.1. The number of fused-ring (bicyclic) bond motifs is 1. The molecule has 0 radical (unpaired) electrons. The zero-order valence-corrected chi connectivity index (χ0v) is 10.7. The summed E-state index contributed by atoms with van der Waals surface area (Å²) in [5.74, 6) is 0.763. The smallest absolute Gasteiger partial charge is 0.132 e. The lowest BCUT2D eigenvalue weighted by Crippen LogP contribution is -2.09. The summed E-state index contributed by atoms with van der Waals surface area (Å²) in [5.41, 5.74) is 3.42. The van der Waals surface area contributed by atoms with E-state index in [4.69, 9.17) is 0 Å². The number of aromatic nitrogens is 2. The monoisotopic (exact) mass is 257 g/mol. The number of nitrogens with one attached hydrogen (secondary N) is 1. The lowest BCUT2D eigenvalue weighted by molar-refractivity contribution is 0.625. The first-order valence-electron chi connectivity index (χ1n) is 6.64. The third-order valence-corrected chi connectivity index (χ3v) is 3.47.